The molecule has 0 N–H and O–H groups in total. The normalized spacial score (nSPS) is 15.9. The zero-order valence-electron chi connectivity index (χ0n) is 17.6. The van der Waals surface area contributed by atoms with Crippen LogP contribution in [-0.2, 0) is 11.3 Å². The molecule has 0 bridgehead atoms. The first-order chi connectivity index (χ1) is 14.9. The number of ether oxygens (including phenoxy) is 1. The van der Waals surface area contributed by atoms with Crippen LogP contribution in [0.15, 0.2) is 57.7 Å². The predicted octanol–water partition coefficient (Wildman–Crippen LogP) is 3.82. The Morgan fingerprint density at radius 2 is 1.90 bits per heavy atom. The minimum atomic E-state index is -0.528. The van der Waals surface area contributed by atoms with Gasteiger partial charge < -0.3 is 19.0 Å². The maximum absolute atomic E-state index is 13.5. The first-order valence-corrected chi connectivity index (χ1v) is 10.3. The summed E-state index contributed by atoms with van der Waals surface area (Å²) in [6, 6.07) is 12.8. The number of carbonyl (C=O) groups excluding carboxylic acids is 1. The highest BCUT2D eigenvalue weighted by molar-refractivity contribution is 5.93. The molecule has 1 fully saturated rings. The van der Waals surface area contributed by atoms with Gasteiger partial charge in [-0.3, -0.25) is 9.59 Å². The van der Waals surface area contributed by atoms with Crippen molar-refractivity contribution in [2.75, 3.05) is 32.1 Å². The van der Waals surface area contributed by atoms with E-state index in [4.69, 9.17) is 9.15 Å². The second-order valence-electron chi connectivity index (χ2n) is 8.00. The number of halogens is 1. The minimum Gasteiger partial charge on any atom is -0.451 e. The molecule has 0 aliphatic carbocycles. The average Bonchev–Trinajstić information content (AvgIpc) is 3.26. The molecule has 1 amide bonds. The van der Waals surface area contributed by atoms with Crippen molar-refractivity contribution in [1.29, 1.82) is 0 Å². The van der Waals surface area contributed by atoms with Crippen LogP contribution in [0.5, 0.6) is 0 Å². The van der Waals surface area contributed by atoms with E-state index in [0.29, 0.717) is 19.7 Å². The third-order valence-corrected chi connectivity index (χ3v) is 5.46. The monoisotopic (exact) mass is 424 g/mol. The van der Waals surface area contributed by atoms with E-state index in [1.807, 2.05) is 43.3 Å². The Balaban J connectivity index is 1.63. The molecule has 0 unspecified atom stereocenters. The number of fused-ring (bicyclic) bond motifs is 1. The van der Waals surface area contributed by atoms with Crippen molar-refractivity contribution in [2.24, 2.45) is 0 Å². The Morgan fingerprint density at radius 3 is 2.58 bits per heavy atom. The van der Waals surface area contributed by atoms with Crippen LogP contribution in [0, 0.1) is 5.82 Å². The van der Waals surface area contributed by atoms with Gasteiger partial charge in [0.05, 0.1) is 11.5 Å². The van der Waals surface area contributed by atoms with Crippen molar-refractivity contribution in [1.82, 2.24) is 4.90 Å². The summed E-state index contributed by atoms with van der Waals surface area (Å²) in [5.41, 5.74) is 1.76. The topological polar surface area (TPSA) is 63.0 Å². The highest BCUT2D eigenvalue weighted by atomic mass is 19.1. The van der Waals surface area contributed by atoms with Crippen molar-refractivity contribution in [2.45, 2.75) is 25.5 Å². The Morgan fingerprint density at radius 1 is 1.13 bits per heavy atom. The molecule has 2 aromatic carbocycles. The molecule has 1 atom stereocenters. The molecule has 1 saturated heterocycles. The molecule has 7 heteroatoms. The van der Waals surface area contributed by atoms with E-state index in [1.54, 1.807) is 4.90 Å². The molecular weight excluding hydrogens is 399 g/mol. The van der Waals surface area contributed by atoms with Gasteiger partial charge in [0.25, 0.3) is 5.91 Å². The quantitative estimate of drug-likeness (QED) is 0.602. The highest BCUT2D eigenvalue weighted by Crippen LogP contribution is 2.20. The Labute approximate surface area is 179 Å². The number of amides is 1. The number of benzene rings is 2. The van der Waals surface area contributed by atoms with Crippen LogP contribution in [0.25, 0.3) is 11.0 Å². The Hall–Kier alpha value is -3.19. The van der Waals surface area contributed by atoms with Gasteiger partial charge in [0, 0.05) is 45.5 Å². The van der Waals surface area contributed by atoms with Crippen LogP contribution in [0.3, 0.4) is 0 Å². The lowest BCUT2D eigenvalue weighted by Gasteiger charge is -2.25. The molecule has 1 aromatic heterocycles. The zero-order chi connectivity index (χ0) is 22.0. The lowest BCUT2D eigenvalue weighted by molar-refractivity contribution is 0.0484. The van der Waals surface area contributed by atoms with Crippen LogP contribution < -0.4 is 10.3 Å². The lowest BCUT2D eigenvalue weighted by Crippen LogP contribution is -2.37. The lowest BCUT2D eigenvalue weighted by atomic mass is 10.1. The molecule has 162 valence electrons. The molecule has 4 rings (SSSR count). The van der Waals surface area contributed by atoms with Gasteiger partial charge in [-0.15, -0.1) is 0 Å². The second-order valence-corrected chi connectivity index (χ2v) is 8.00. The van der Waals surface area contributed by atoms with E-state index in [-0.39, 0.29) is 22.8 Å². The summed E-state index contributed by atoms with van der Waals surface area (Å²) in [6.45, 7) is 1.44. The first-order valence-electron chi connectivity index (χ1n) is 10.3. The maximum atomic E-state index is 13.5. The van der Waals surface area contributed by atoms with Gasteiger partial charge in [-0.1, -0.05) is 12.1 Å². The van der Waals surface area contributed by atoms with E-state index in [1.165, 1.54) is 12.1 Å². The Bertz CT molecular complexity index is 1130. The summed E-state index contributed by atoms with van der Waals surface area (Å²) in [6.07, 6.45) is 1.79. The second kappa shape index (κ2) is 8.89. The first kappa shape index (κ1) is 21.1. The van der Waals surface area contributed by atoms with Crippen LogP contribution >= 0.6 is 0 Å². The van der Waals surface area contributed by atoms with Gasteiger partial charge in [0.15, 0.2) is 11.2 Å². The fourth-order valence-electron chi connectivity index (χ4n) is 3.76. The van der Waals surface area contributed by atoms with Crippen LogP contribution in [-0.4, -0.2) is 44.2 Å². The average molecular weight is 424 g/mol. The summed E-state index contributed by atoms with van der Waals surface area (Å²) in [5, 5.41) is 0.113. The number of nitrogens with zero attached hydrogens (tertiary/aromatic N) is 2. The Kier molecular flexibility index (Phi) is 6.04. The maximum Gasteiger partial charge on any atom is 0.290 e. The molecular formula is C24H25FN2O4. The summed E-state index contributed by atoms with van der Waals surface area (Å²) in [5.74, 6) is -0.984. The van der Waals surface area contributed by atoms with Crippen molar-refractivity contribution in [3.63, 3.8) is 0 Å². The molecule has 1 aliphatic heterocycles. The predicted molar refractivity (Wildman–Crippen MR) is 117 cm³/mol. The zero-order valence-corrected chi connectivity index (χ0v) is 17.6. The van der Waals surface area contributed by atoms with Crippen molar-refractivity contribution in [3.05, 3.63) is 75.9 Å². The fraction of sp³-hybridized carbons (Fsp3) is 0.333. The standard InChI is InChI=1S/C24H25FN2O4/c1-26(2)18-8-5-16(6-9-18)14-27(15-19-4-3-11-30-19)24(29)23-13-21(28)20-12-17(25)7-10-22(20)31-23/h5-10,12-13,19H,3-4,11,14-15H2,1-2H3/t19-/m1/s1. The van der Waals surface area contributed by atoms with E-state index in [2.05, 4.69) is 0 Å². The van der Waals surface area contributed by atoms with Gasteiger partial charge in [0.2, 0.25) is 0 Å². The number of anilines is 1. The minimum absolute atomic E-state index is 0.0497. The number of rotatable bonds is 6. The molecule has 3 aromatic rings. The number of carbonyl (C=O) groups is 1. The molecule has 1 aliphatic rings. The third kappa shape index (κ3) is 4.77. The third-order valence-electron chi connectivity index (χ3n) is 5.46. The van der Waals surface area contributed by atoms with Gasteiger partial charge >= 0.3 is 0 Å². The molecule has 2 heterocycles. The summed E-state index contributed by atoms with van der Waals surface area (Å²) >= 11 is 0. The van der Waals surface area contributed by atoms with Crippen molar-refractivity contribution < 1.29 is 18.3 Å². The number of hydrogen-bond donors (Lipinski definition) is 0. The van der Waals surface area contributed by atoms with E-state index in [9.17, 15) is 14.0 Å². The van der Waals surface area contributed by atoms with E-state index in [0.717, 1.165) is 36.2 Å². The molecule has 6 nitrogen and oxygen atoms in total. The van der Waals surface area contributed by atoms with Crippen LogP contribution in [0.2, 0.25) is 0 Å². The summed E-state index contributed by atoms with van der Waals surface area (Å²) in [4.78, 5) is 29.4. The largest absolute Gasteiger partial charge is 0.451 e. The van der Waals surface area contributed by atoms with Crippen LogP contribution in [0.4, 0.5) is 10.1 Å². The van der Waals surface area contributed by atoms with E-state index < -0.39 is 17.2 Å². The highest BCUT2D eigenvalue weighted by Gasteiger charge is 2.26. The molecule has 0 spiro atoms. The van der Waals surface area contributed by atoms with Crippen molar-refractivity contribution in [3.8, 4) is 0 Å². The molecule has 0 radical (unpaired) electrons. The van der Waals surface area contributed by atoms with Gasteiger partial charge in [-0.25, -0.2) is 4.39 Å². The molecule has 0 saturated carbocycles. The number of hydrogen-bond acceptors (Lipinski definition) is 5. The smallest absolute Gasteiger partial charge is 0.290 e. The SMILES string of the molecule is CN(C)c1ccc(CN(C[C@H]2CCCO2)C(=O)c2cc(=O)c3cc(F)ccc3o2)cc1. The molecule has 31 heavy (non-hydrogen) atoms. The van der Waals surface area contributed by atoms with Gasteiger partial charge in [-0.05, 0) is 48.7 Å². The summed E-state index contributed by atoms with van der Waals surface area (Å²) in [7, 11) is 3.94. The fourth-order valence-corrected chi connectivity index (χ4v) is 3.76. The van der Waals surface area contributed by atoms with E-state index >= 15 is 0 Å². The van der Waals surface area contributed by atoms with Crippen molar-refractivity contribution >= 4 is 22.6 Å². The van der Waals surface area contributed by atoms with Crippen LogP contribution in [0.1, 0.15) is 29.0 Å². The van der Waals surface area contributed by atoms with Gasteiger partial charge in [0.1, 0.15) is 11.4 Å². The van der Waals surface area contributed by atoms with Gasteiger partial charge in [-0.2, -0.15) is 0 Å². The summed E-state index contributed by atoms with van der Waals surface area (Å²) < 4.78 is 24.9.